The highest BCUT2D eigenvalue weighted by atomic mass is 127. The van der Waals surface area contributed by atoms with Crippen molar-refractivity contribution in [2.75, 3.05) is 10.2 Å². The molecule has 0 unspecified atom stereocenters. The maximum atomic E-state index is 12.9. The van der Waals surface area contributed by atoms with E-state index in [1.165, 1.54) is 45.5 Å². The van der Waals surface area contributed by atoms with Gasteiger partial charge in [-0.3, -0.25) is 4.79 Å². The molecule has 4 nitrogen and oxygen atoms in total. The van der Waals surface area contributed by atoms with Gasteiger partial charge in [0.25, 0.3) is 5.91 Å². The van der Waals surface area contributed by atoms with Gasteiger partial charge in [0.15, 0.2) is 0 Å². The first-order valence-corrected chi connectivity index (χ1v) is 11.3. The molecule has 1 heterocycles. The van der Waals surface area contributed by atoms with Crippen LogP contribution in [0.1, 0.15) is 44.7 Å². The molecule has 0 saturated heterocycles. The van der Waals surface area contributed by atoms with Crippen molar-refractivity contribution in [3.63, 3.8) is 0 Å². The van der Waals surface area contributed by atoms with Gasteiger partial charge >= 0.3 is 5.97 Å². The number of hydrogen-bond acceptors (Lipinski definition) is 4. The smallest absolute Gasteiger partial charge is 0.341 e. The molecule has 6 heteroatoms. The lowest BCUT2D eigenvalue weighted by molar-refractivity contribution is 0.0603. The first kappa shape index (κ1) is 20.1. The number of halogens is 1. The van der Waals surface area contributed by atoms with Gasteiger partial charge in [-0.15, -0.1) is 11.3 Å². The van der Waals surface area contributed by atoms with Crippen LogP contribution in [0, 0.1) is 0 Å². The second kappa shape index (κ2) is 8.67. The van der Waals surface area contributed by atoms with E-state index in [1.807, 2.05) is 46.4 Å². The third kappa shape index (κ3) is 3.96. The normalized spacial score (nSPS) is 12.9. The summed E-state index contributed by atoms with van der Waals surface area (Å²) in [5.74, 6) is -0.605. The zero-order valence-corrected chi connectivity index (χ0v) is 19.0. The van der Waals surface area contributed by atoms with Crippen LogP contribution in [0.2, 0.25) is 0 Å². The predicted molar refractivity (Wildman–Crippen MR) is 125 cm³/mol. The number of benzene rings is 2. The van der Waals surface area contributed by atoms with E-state index in [1.54, 1.807) is 12.1 Å². The van der Waals surface area contributed by atoms with Crippen molar-refractivity contribution in [1.82, 2.24) is 0 Å². The van der Waals surface area contributed by atoms with Crippen LogP contribution in [0.25, 0.3) is 11.1 Å². The third-order valence-electron chi connectivity index (χ3n) is 5.20. The summed E-state index contributed by atoms with van der Waals surface area (Å²) in [5, 5.41) is 2.52. The molecule has 0 spiro atoms. The second-order valence-electron chi connectivity index (χ2n) is 6.96. The molecule has 0 radical (unpaired) electrons. The maximum absolute atomic E-state index is 12.9. The monoisotopic (exact) mass is 517 g/mol. The number of fused-ring (bicyclic) bond motifs is 1. The summed E-state index contributed by atoms with van der Waals surface area (Å²) in [6.07, 6.45) is 4.61. The summed E-state index contributed by atoms with van der Waals surface area (Å²) in [7, 11) is 1.37. The number of rotatable bonds is 4. The van der Waals surface area contributed by atoms with Crippen molar-refractivity contribution in [2.45, 2.75) is 25.7 Å². The van der Waals surface area contributed by atoms with Gasteiger partial charge in [0.1, 0.15) is 10.6 Å². The quantitative estimate of drug-likeness (QED) is 0.240. The van der Waals surface area contributed by atoms with E-state index in [2.05, 4.69) is 18.2 Å². The van der Waals surface area contributed by atoms with Crippen molar-refractivity contribution in [1.29, 1.82) is 0 Å². The van der Waals surface area contributed by atoms with Crippen LogP contribution in [0.4, 0.5) is 5.00 Å². The molecule has 0 saturated carbocycles. The standard InChI is InChI=1S/C23H20INO3S/c1-28-23(27)20-19(18-12-11-15-7-5-6-10-17(15)13-18)14-29-22(20)25(24)21(26)16-8-3-2-4-9-16/h2-4,8-9,11-14H,5-7,10H2,1H3. The highest BCUT2D eigenvalue weighted by molar-refractivity contribution is 14.1. The molecular weight excluding hydrogens is 497 g/mol. The molecule has 1 aliphatic carbocycles. The average molecular weight is 517 g/mol. The Bertz CT molecular complexity index is 1060. The molecule has 29 heavy (non-hydrogen) atoms. The molecule has 4 rings (SSSR count). The Morgan fingerprint density at radius 2 is 1.76 bits per heavy atom. The number of hydrogen-bond donors (Lipinski definition) is 0. The molecule has 1 aromatic heterocycles. The summed E-state index contributed by atoms with van der Waals surface area (Å²) < 4.78 is 6.58. The number of amides is 1. The maximum Gasteiger partial charge on any atom is 0.341 e. The lowest BCUT2D eigenvalue weighted by atomic mass is 9.89. The number of esters is 1. The number of carbonyl (C=O) groups is 2. The summed E-state index contributed by atoms with van der Waals surface area (Å²) in [5.41, 5.74) is 5.56. The first-order chi connectivity index (χ1) is 14.1. The summed E-state index contributed by atoms with van der Waals surface area (Å²) in [6.45, 7) is 0. The Morgan fingerprint density at radius 3 is 2.48 bits per heavy atom. The number of methoxy groups -OCH3 is 1. The summed E-state index contributed by atoms with van der Waals surface area (Å²) in [4.78, 5) is 25.6. The number of nitrogens with zero attached hydrogens (tertiary/aromatic N) is 1. The fraction of sp³-hybridized carbons (Fsp3) is 0.217. The zero-order valence-electron chi connectivity index (χ0n) is 16.0. The topological polar surface area (TPSA) is 46.6 Å². The molecule has 148 valence electrons. The molecule has 2 aromatic carbocycles. The van der Waals surface area contributed by atoms with E-state index >= 15 is 0 Å². The minimum atomic E-state index is -0.434. The fourth-order valence-corrected chi connectivity index (χ4v) is 5.52. The van der Waals surface area contributed by atoms with E-state index in [9.17, 15) is 9.59 Å². The Kier molecular flexibility index (Phi) is 6.01. The van der Waals surface area contributed by atoms with Crippen LogP contribution in [-0.4, -0.2) is 19.0 Å². The predicted octanol–water partition coefficient (Wildman–Crippen LogP) is 6.08. The molecule has 0 aliphatic heterocycles. The minimum Gasteiger partial charge on any atom is -0.465 e. The van der Waals surface area contributed by atoms with Crippen LogP contribution in [0.5, 0.6) is 0 Å². The highest BCUT2D eigenvalue weighted by Crippen LogP contribution is 2.41. The molecule has 1 aliphatic rings. The van der Waals surface area contributed by atoms with E-state index in [4.69, 9.17) is 4.74 Å². The number of aryl methyl sites for hydroxylation is 2. The molecule has 0 N–H and O–H groups in total. The van der Waals surface area contributed by atoms with Crippen LogP contribution < -0.4 is 3.11 Å². The van der Waals surface area contributed by atoms with Crippen molar-refractivity contribution in [2.24, 2.45) is 0 Å². The van der Waals surface area contributed by atoms with Crippen molar-refractivity contribution >= 4 is 51.1 Å². The van der Waals surface area contributed by atoms with E-state index in [-0.39, 0.29) is 5.91 Å². The Morgan fingerprint density at radius 1 is 1.03 bits per heavy atom. The van der Waals surface area contributed by atoms with Crippen LogP contribution in [0.15, 0.2) is 53.9 Å². The molecule has 0 atom stereocenters. The van der Waals surface area contributed by atoms with Crippen LogP contribution >= 0.6 is 34.2 Å². The number of ether oxygens (including phenoxy) is 1. The van der Waals surface area contributed by atoms with E-state index < -0.39 is 5.97 Å². The molecule has 3 aromatic rings. The summed E-state index contributed by atoms with van der Waals surface area (Å²) >= 11 is 3.35. The van der Waals surface area contributed by atoms with Gasteiger partial charge < -0.3 is 4.74 Å². The van der Waals surface area contributed by atoms with Gasteiger partial charge in [-0.05, 0) is 54.5 Å². The average Bonchev–Trinajstić information content (AvgIpc) is 3.23. The van der Waals surface area contributed by atoms with Gasteiger partial charge in [-0.2, -0.15) is 0 Å². The van der Waals surface area contributed by atoms with E-state index in [0.717, 1.165) is 24.0 Å². The van der Waals surface area contributed by atoms with Crippen LogP contribution in [0.3, 0.4) is 0 Å². The number of thiophene rings is 1. The molecule has 0 bridgehead atoms. The van der Waals surface area contributed by atoms with Gasteiger partial charge in [0.2, 0.25) is 0 Å². The molecular formula is C23H20INO3S. The van der Waals surface area contributed by atoms with Gasteiger partial charge in [-0.25, -0.2) is 7.91 Å². The SMILES string of the molecule is COC(=O)c1c(-c2ccc3c(c2)CCCC3)csc1N(I)C(=O)c1ccccc1. The van der Waals surface area contributed by atoms with Crippen molar-refractivity contribution < 1.29 is 14.3 Å². The zero-order chi connectivity index (χ0) is 20.4. The lowest BCUT2D eigenvalue weighted by Crippen LogP contribution is -2.21. The summed E-state index contributed by atoms with van der Waals surface area (Å²) in [6, 6.07) is 15.5. The number of anilines is 1. The first-order valence-electron chi connectivity index (χ1n) is 9.47. The Balaban J connectivity index is 1.76. The Labute approximate surface area is 188 Å². The number of carbonyl (C=O) groups excluding carboxylic acids is 2. The molecule has 1 amide bonds. The second-order valence-corrected chi connectivity index (χ2v) is 8.79. The fourth-order valence-electron chi connectivity index (χ4n) is 3.69. The van der Waals surface area contributed by atoms with Gasteiger partial charge in [0, 0.05) is 16.5 Å². The van der Waals surface area contributed by atoms with Crippen LogP contribution in [-0.2, 0) is 17.6 Å². The minimum absolute atomic E-state index is 0.171. The van der Waals surface area contributed by atoms with Crippen molar-refractivity contribution in [3.05, 3.63) is 76.2 Å². The van der Waals surface area contributed by atoms with Gasteiger partial charge in [0.05, 0.1) is 30.0 Å². The van der Waals surface area contributed by atoms with E-state index in [0.29, 0.717) is 16.1 Å². The Hall–Kier alpha value is -2.19. The largest absolute Gasteiger partial charge is 0.465 e. The molecule has 0 fully saturated rings. The highest BCUT2D eigenvalue weighted by Gasteiger charge is 2.27. The van der Waals surface area contributed by atoms with Gasteiger partial charge in [-0.1, -0.05) is 36.4 Å². The lowest BCUT2D eigenvalue weighted by Gasteiger charge is -2.17. The van der Waals surface area contributed by atoms with Crippen molar-refractivity contribution in [3.8, 4) is 11.1 Å². The third-order valence-corrected chi connectivity index (χ3v) is 7.41.